The maximum absolute atomic E-state index is 12.1. The fourth-order valence-electron chi connectivity index (χ4n) is 3.05. The van der Waals surface area contributed by atoms with Crippen molar-refractivity contribution in [3.63, 3.8) is 0 Å². The lowest BCUT2D eigenvalue weighted by Crippen LogP contribution is -2.37. The summed E-state index contributed by atoms with van der Waals surface area (Å²) in [6.45, 7) is 6.38. The first kappa shape index (κ1) is 15.7. The van der Waals surface area contributed by atoms with Crippen molar-refractivity contribution in [2.75, 3.05) is 13.1 Å². The topological polar surface area (TPSA) is 45.2 Å². The van der Waals surface area contributed by atoms with E-state index in [0.717, 1.165) is 36.0 Å². The number of para-hydroxylation sites is 1. The van der Waals surface area contributed by atoms with Gasteiger partial charge in [0.15, 0.2) is 0 Å². The van der Waals surface area contributed by atoms with Crippen LogP contribution in [0.2, 0.25) is 0 Å². The number of pyridine rings is 1. The van der Waals surface area contributed by atoms with Gasteiger partial charge in [0.1, 0.15) is 0 Å². The summed E-state index contributed by atoms with van der Waals surface area (Å²) in [4.78, 5) is 18.9. The van der Waals surface area contributed by atoms with E-state index in [4.69, 9.17) is 0 Å². The van der Waals surface area contributed by atoms with Gasteiger partial charge in [-0.25, -0.2) is 0 Å². The van der Waals surface area contributed by atoms with Crippen LogP contribution in [0.3, 0.4) is 0 Å². The Kier molecular flexibility index (Phi) is 4.72. The van der Waals surface area contributed by atoms with Crippen LogP contribution in [0.15, 0.2) is 42.6 Å². The maximum Gasteiger partial charge on any atom is 0.244 e. The van der Waals surface area contributed by atoms with Crippen LogP contribution in [0.4, 0.5) is 0 Å². The normalized spacial score (nSPS) is 19.0. The molecule has 1 N–H and O–H groups in total. The minimum absolute atomic E-state index is 0.0338. The molecule has 1 aliphatic heterocycles. The molecule has 0 saturated carbocycles. The van der Waals surface area contributed by atoms with Crippen LogP contribution < -0.4 is 5.32 Å². The van der Waals surface area contributed by atoms with E-state index in [-0.39, 0.29) is 11.9 Å². The molecule has 1 saturated heterocycles. The minimum atomic E-state index is -0.0338. The standard InChI is InChI=1S/C19H23N3O/c1-14(2)22-12-10-17(13-22)21-18(23)9-8-16-6-3-5-15-7-4-11-20-19(15)16/h3-9,11,14,17H,10,12-13H2,1-2H3,(H,21,23)/b9-8-/t17-/m1/s1. The molecule has 0 radical (unpaired) electrons. The Labute approximate surface area is 137 Å². The van der Waals surface area contributed by atoms with Gasteiger partial charge in [-0.1, -0.05) is 24.3 Å². The number of likely N-dealkylation sites (tertiary alicyclic amines) is 1. The number of hydrogen-bond acceptors (Lipinski definition) is 3. The first-order valence-electron chi connectivity index (χ1n) is 8.20. The zero-order chi connectivity index (χ0) is 16.2. The molecule has 23 heavy (non-hydrogen) atoms. The maximum atomic E-state index is 12.1. The van der Waals surface area contributed by atoms with Gasteiger partial charge in [0.05, 0.1) is 5.52 Å². The summed E-state index contributed by atoms with van der Waals surface area (Å²) in [5.41, 5.74) is 1.89. The molecule has 0 spiro atoms. The molecule has 120 valence electrons. The molecule has 2 aromatic rings. The molecule has 4 nitrogen and oxygen atoms in total. The fraction of sp³-hybridized carbons (Fsp3) is 0.368. The lowest BCUT2D eigenvalue weighted by Gasteiger charge is -2.20. The number of carbonyl (C=O) groups excluding carboxylic acids is 1. The van der Waals surface area contributed by atoms with Crippen molar-refractivity contribution >= 4 is 22.9 Å². The summed E-state index contributed by atoms with van der Waals surface area (Å²) in [7, 11) is 0. The second-order valence-electron chi connectivity index (χ2n) is 6.34. The molecule has 1 amide bonds. The lowest BCUT2D eigenvalue weighted by molar-refractivity contribution is -0.117. The van der Waals surface area contributed by atoms with Gasteiger partial charge in [0.25, 0.3) is 0 Å². The second-order valence-corrected chi connectivity index (χ2v) is 6.34. The average molecular weight is 309 g/mol. The second kappa shape index (κ2) is 6.92. The SMILES string of the molecule is CC(C)N1CC[C@@H](NC(=O)/C=C\c2cccc3cccnc23)C1. The molecule has 1 atom stereocenters. The minimum Gasteiger partial charge on any atom is -0.348 e. The van der Waals surface area contributed by atoms with Gasteiger partial charge in [-0.05, 0) is 32.4 Å². The van der Waals surface area contributed by atoms with Crippen LogP contribution >= 0.6 is 0 Å². The number of aromatic nitrogens is 1. The van der Waals surface area contributed by atoms with E-state index in [2.05, 4.69) is 29.0 Å². The number of hydrogen-bond donors (Lipinski definition) is 1. The quantitative estimate of drug-likeness (QED) is 0.883. The Morgan fingerprint density at radius 1 is 1.35 bits per heavy atom. The van der Waals surface area contributed by atoms with Gasteiger partial charge in [0.2, 0.25) is 5.91 Å². The third-order valence-corrected chi connectivity index (χ3v) is 4.37. The molecular formula is C19H23N3O. The van der Waals surface area contributed by atoms with Crippen LogP contribution in [0, 0.1) is 0 Å². The largest absolute Gasteiger partial charge is 0.348 e. The summed E-state index contributed by atoms with van der Waals surface area (Å²) in [5, 5.41) is 4.18. The number of nitrogens with zero attached hydrogens (tertiary/aromatic N) is 2. The third-order valence-electron chi connectivity index (χ3n) is 4.37. The Morgan fingerprint density at radius 2 is 2.17 bits per heavy atom. The van der Waals surface area contributed by atoms with E-state index in [0.29, 0.717) is 6.04 Å². The van der Waals surface area contributed by atoms with Gasteiger partial charge >= 0.3 is 0 Å². The molecule has 1 aliphatic rings. The Balaban J connectivity index is 1.64. The summed E-state index contributed by atoms with van der Waals surface area (Å²) < 4.78 is 0. The van der Waals surface area contributed by atoms with Crippen molar-refractivity contribution < 1.29 is 4.79 Å². The van der Waals surface area contributed by atoms with Crippen LogP contribution in [-0.2, 0) is 4.79 Å². The number of benzene rings is 1. The highest BCUT2D eigenvalue weighted by Gasteiger charge is 2.24. The smallest absolute Gasteiger partial charge is 0.244 e. The van der Waals surface area contributed by atoms with E-state index < -0.39 is 0 Å². The monoisotopic (exact) mass is 309 g/mol. The number of fused-ring (bicyclic) bond motifs is 1. The van der Waals surface area contributed by atoms with E-state index in [1.165, 1.54) is 0 Å². The Hall–Kier alpha value is -2.20. The summed E-state index contributed by atoms with van der Waals surface area (Å²) >= 11 is 0. The molecule has 3 rings (SSSR count). The van der Waals surface area contributed by atoms with E-state index in [1.807, 2.05) is 36.4 Å². The van der Waals surface area contributed by atoms with Gasteiger partial charge < -0.3 is 5.32 Å². The molecule has 1 aromatic carbocycles. The predicted molar refractivity (Wildman–Crippen MR) is 94.0 cm³/mol. The van der Waals surface area contributed by atoms with Crippen LogP contribution in [0.1, 0.15) is 25.8 Å². The number of amides is 1. The Morgan fingerprint density at radius 3 is 2.96 bits per heavy atom. The van der Waals surface area contributed by atoms with Crippen molar-refractivity contribution in [3.8, 4) is 0 Å². The number of nitrogens with one attached hydrogen (secondary N) is 1. The van der Waals surface area contributed by atoms with Crippen LogP contribution in [0.5, 0.6) is 0 Å². The zero-order valence-electron chi connectivity index (χ0n) is 13.7. The number of carbonyl (C=O) groups is 1. The third kappa shape index (κ3) is 3.77. The van der Waals surface area contributed by atoms with Gasteiger partial charge in [-0.3, -0.25) is 14.7 Å². The van der Waals surface area contributed by atoms with Gasteiger partial charge in [0, 0.05) is 48.4 Å². The summed E-state index contributed by atoms with van der Waals surface area (Å²) in [6.07, 6.45) is 6.26. The van der Waals surface area contributed by atoms with Crippen molar-refractivity contribution in [2.45, 2.75) is 32.4 Å². The Bertz CT molecular complexity index is 718. The van der Waals surface area contributed by atoms with Crippen molar-refractivity contribution in [1.82, 2.24) is 15.2 Å². The van der Waals surface area contributed by atoms with Crippen molar-refractivity contribution in [1.29, 1.82) is 0 Å². The number of rotatable bonds is 4. The van der Waals surface area contributed by atoms with Gasteiger partial charge in [-0.15, -0.1) is 0 Å². The first-order valence-corrected chi connectivity index (χ1v) is 8.20. The molecular weight excluding hydrogens is 286 g/mol. The highest BCUT2D eigenvalue weighted by Crippen LogP contribution is 2.17. The first-order chi connectivity index (χ1) is 11.1. The highest BCUT2D eigenvalue weighted by atomic mass is 16.1. The zero-order valence-corrected chi connectivity index (χ0v) is 13.7. The van der Waals surface area contributed by atoms with Crippen molar-refractivity contribution in [2.24, 2.45) is 0 Å². The van der Waals surface area contributed by atoms with Crippen molar-refractivity contribution in [3.05, 3.63) is 48.2 Å². The molecule has 2 heterocycles. The average Bonchev–Trinajstić information content (AvgIpc) is 3.01. The van der Waals surface area contributed by atoms with E-state index in [1.54, 1.807) is 12.3 Å². The van der Waals surface area contributed by atoms with Crippen LogP contribution in [0.25, 0.3) is 17.0 Å². The molecule has 4 heteroatoms. The molecule has 1 aromatic heterocycles. The summed E-state index contributed by atoms with van der Waals surface area (Å²) in [5.74, 6) is -0.0338. The van der Waals surface area contributed by atoms with Crippen LogP contribution in [-0.4, -0.2) is 41.0 Å². The molecule has 0 aliphatic carbocycles. The molecule has 0 unspecified atom stereocenters. The lowest BCUT2D eigenvalue weighted by atomic mass is 10.1. The highest BCUT2D eigenvalue weighted by molar-refractivity contribution is 5.95. The van der Waals surface area contributed by atoms with Gasteiger partial charge in [-0.2, -0.15) is 0 Å². The van der Waals surface area contributed by atoms with E-state index in [9.17, 15) is 4.79 Å². The van der Waals surface area contributed by atoms with E-state index >= 15 is 0 Å². The fourth-order valence-corrected chi connectivity index (χ4v) is 3.05. The summed E-state index contributed by atoms with van der Waals surface area (Å²) in [6, 6.07) is 10.7. The molecule has 1 fully saturated rings. The predicted octanol–water partition coefficient (Wildman–Crippen LogP) is 2.85. The molecule has 0 bridgehead atoms.